The number of likely N-dealkylation sites (N-methyl/N-ethyl adjacent to an activating group) is 1. The highest BCUT2D eigenvalue weighted by atomic mass is 79.9. The van der Waals surface area contributed by atoms with Gasteiger partial charge >= 0.3 is 5.97 Å². The number of methoxy groups -OCH3 is 1. The number of rotatable bonds is 6. The molecule has 178 valence electrons. The summed E-state index contributed by atoms with van der Waals surface area (Å²) < 4.78 is 25.4. The SMILES string of the molecule is COC(=O)c1ccc(N=C2SC(=Cc3cc(Br)ccc3OCc3ccccc3F)C(=O)N2C)cc1. The van der Waals surface area contributed by atoms with E-state index in [-0.39, 0.29) is 18.3 Å². The number of benzene rings is 3. The van der Waals surface area contributed by atoms with Crippen LogP contribution in [0.4, 0.5) is 10.1 Å². The first-order valence-corrected chi connectivity index (χ1v) is 12.1. The van der Waals surface area contributed by atoms with Gasteiger partial charge < -0.3 is 9.47 Å². The van der Waals surface area contributed by atoms with Gasteiger partial charge in [0.25, 0.3) is 5.91 Å². The number of carbonyl (C=O) groups is 2. The van der Waals surface area contributed by atoms with Crippen LogP contribution in [0.3, 0.4) is 0 Å². The summed E-state index contributed by atoms with van der Waals surface area (Å²) in [5.74, 6) is -0.462. The fraction of sp³-hybridized carbons (Fsp3) is 0.115. The lowest BCUT2D eigenvalue weighted by Crippen LogP contribution is -2.23. The molecular formula is C26H20BrFN2O4S. The topological polar surface area (TPSA) is 68.2 Å². The lowest BCUT2D eigenvalue weighted by Gasteiger charge is -2.11. The molecule has 4 rings (SSSR count). The highest BCUT2D eigenvalue weighted by Gasteiger charge is 2.30. The molecule has 3 aromatic carbocycles. The Kier molecular flexibility index (Phi) is 7.67. The average Bonchev–Trinajstić information content (AvgIpc) is 3.12. The van der Waals surface area contributed by atoms with Crippen molar-refractivity contribution in [1.82, 2.24) is 4.90 Å². The second kappa shape index (κ2) is 10.9. The predicted molar refractivity (Wildman–Crippen MR) is 138 cm³/mol. The predicted octanol–water partition coefficient (Wildman–Crippen LogP) is 6.19. The van der Waals surface area contributed by atoms with Crippen LogP contribution in [0.1, 0.15) is 21.5 Å². The molecule has 0 aliphatic carbocycles. The first kappa shape index (κ1) is 24.7. The maximum absolute atomic E-state index is 14.0. The zero-order valence-electron chi connectivity index (χ0n) is 18.8. The van der Waals surface area contributed by atoms with E-state index in [1.54, 1.807) is 61.7 Å². The average molecular weight is 555 g/mol. The van der Waals surface area contributed by atoms with E-state index < -0.39 is 5.97 Å². The Morgan fingerprint density at radius 3 is 2.60 bits per heavy atom. The maximum Gasteiger partial charge on any atom is 0.337 e. The van der Waals surface area contributed by atoms with Crippen molar-refractivity contribution < 1.29 is 23.5 Å². The highest BCUT2D eigenvalue weighted by Crippen LogP contribution is 2.35. The number of esters is 1. The van der Waals surface area contributed by atoms with E-state index >= 15 is 0 Å². The third kappa shape index (κ3) is 5.80. The van der Waals surface area contributed by atoms with Crippen molar-refractivity contribution in [1.29, 1.82) is 0 Å². The van der Waals surface area contributed by atoms with Crippen LogP contribution in [0.15, 0.2) is 81.1 Å². The summed E-state index contributed by atoms with van der Waals surface area (Å²) in [4.78, 5) is 31.0. The molecule has 1 heterocycles. The van der Waals surface area contributed by atoms with Crippen molar-refractivity contribution in [2.24, 2.45) is 4.99 Å². The number of halogens is 2. The molecule has 1 amide bonds. The molecule has 9 heteroatoms. The molecule has 1 aliphatic rings. The number of ether oxygens (including phenoxy) is 2. The molecule has 0 atom stereocenters. The minimum absolute atomic E-state index is 0.0553. The molecule has 0 bridgehead atoms. The molecule has 1 saturated heterocycles. The fourth-order valence-corrected chi connectivity index (χ4v) is 4.58. The largest absolute Gasteiger partial charge is 0.488 e. The number of amidine groups is 1. The number of thioether (sulfide) groups is 1. The summed E-state index contributed by atoms with van der Waals surface area (Å²) in [7, 11) is 2.97. The second-order valence-corrected chi connectivity index (χ2v) is 9.39. The van der Waals surface area contributed by atoms with Gasteiger partial charge in [0.05, 0.1) is 23.3 Å². The van der Waals surface area contributed by atoms with Crippen molar-refractivity contribution in [2.45, 2.75) is 6.61 Å². The summed E-state index contributed by atoms with van der Waals surface area (Å²) in [6, 6.07) is 18.4. The number of hydrogen-bond donors (Lipinski definition) is 0. The molecule has 0 radical (unpaired) electrons. The van der Waals surface area contributed by atoms with Gasteiger partial charge in [-0.25, -0.2) is 14.2 Å². The maximum atomic E-state index is 14.0. The van der Waals surface area contributed by atoms with Crippen LogP contribution in [0, 0.1) is 5.82 Å². The Hall–Kier alpha value is -3.43. The number of nitrogens with zero attached hydrogens (tertiary/aromatic N) is 2. The second-order valence-electron chi connectivity index (χ2n) is 7.47. The normalized spacial score (nSPS) is 15.7. The van der Waals surface area contributed by atoms with Gasteiger partial charge in [0.1, 0.15) is 18.2 Å². The van der Waals surface area contributed by atoms with Crippen LogP contribution < -0.4 is 4.74 Å². The van der Waals surface area contributed by atoms with E-state index in [1.807, 2.05) is 12.1 Å². The molecule has 0 N–H and O–H groups in total. The van der Waals surface area contributed by atoms with Crippen molar-refractivity contribution in [3.63, 3.8) is 0 Å². The van der Waals surface area contributed by atoms with Gasteiger partial charge in [-0.1, -0.05) is 34.1 Å². The van der Waals surface area contributed by atoms with E-state index in [1.165, 1.54) is 29.8 Å². The summed E-state index contributed by atoms with van der Waals surface area (Å²) in [5, 5.41) is 0.496. The van der Waals surface area contributed by atoms with Gasteiger partial charge in [-0.15, -0.1) is 0 Å². The molecule has 0 aromatic heterocycles. The van der Waals surface area contributed by atoms with E-state index in [4.69, 9.17) is 9.47 Å². The van der Waals surface area contributed by atoms with E-state index in [9.17, 15) is 14.0 Å². The summed E-state index contributed by atoms with van der Waals surface area (Å²) in [6.07, 6.45) is 1.73. The zero-order valence-corrected chi connectivity index (χ0v) is 21.2. The Bertz CT molecular complexity index is 1340. The van der Waals surface area contributed by atoms with Crippen molar-refractivity contribution >= 4 is 56.5 Å². The smallest absolute Gasteiger partial charge is 0.337 e. The molecule has 3 aromatic rings. The Labute approximate surface area is 214 Å². The van der Waals surface area contributed by atoms with Crippen LogP contribution in [0.25, 0.3) is 6.08 Å². The van der Waals surface area contributed by atoms with Crippen LogP contribution in [0.5, 0.6) is 5.75 Å². The van der Waals surface area contributed by atoms with Crippen molar-refractivity contribution in [3.05, 3.63) is 98.6 Å². The van der Waals surface area contributed by atoms with Gasteiger partial charge in [0.15, 0.2) is 5.17 Å². The number of hydrogen-bond acceptors (Lipinski definition) is 6. The van der Waals surface area contributed by atoms with E-state index in [0.717, 1.165) is 4.47 Å². The minimum Gasteiger partial charge on any atom is -0.488 e. The van der Waals surface area contributed by atoms with Gasteiger partial charge in [-0.05, 0) is 66.4 Å². The fourth-order valence-electron chi connectivity index (χ4n) is 3.23. The van der Waals surface area contributed by atoms with Crippen LogP contribution in [-0.2, 0) is 16.1 Å². The lowest BCUT2D eigenvalue weighted by molar-refractivity contribution is -0.121. The van der Waals surface area contributed by atoms with Crippen molar-refractivity contribution in [2.75, 3.05) is 14.2 Å². The molecular weight excluding hydrogens is 535 g/mol. The first-order chi connectivity index (χ1) is 16.9. The molecule has 1 fully saturated rings. The minimum atomic E-state index is -0.431. The number of aliphatic imine (C=N–C) groups is 1. The van der Waals surface area contributed by atoms with Gasteiger partial charge in [-0.3, -0.25) is 9.69 Å². The molecule has 35 heavy (non-hydrogen) atoms. The molecule has 1 aliphatic heterocycles. The molecule has 6 nitrogen and oxygen atoms in total. The van der Waals surface area contributed by atoms with Crippen LogP contribution >= 0.6 is 27.7 Å². The third-order valence-corrected chi connectivity index (χ3v) is 6.67. The lowest BCUT2D eigenvalue weighted by atomic mass is 10.1. The van der Waals surface area contributed by atoms with E-state index in [0.29, 0.717) is 38.2 Å². The van der Waals surface area contributed by atoms with Gasteiger partial charge in [-0.2, -0.15) is 0 Å². The Morgan fingerprint density at radius 1 is 1.14 bits per heavy atom. The van der Waals surface area contributed by atoms with Gasteiger partial charge in [0.2, 0.25) is 0 Å². The summed E-state index contributed by atoms with van der Waals surface area (Å²) in [5.41, 5.74) is 2.12. The van der Waals surface area contributed by atoms with Crippen LogP contribution in [-0.4, -0.2) is 36.1 Å². The Morgan fingerprint density at radius 2 is 1.89 bits per heavy atom. The summed E-state index contributed by atoms with van der Waals surface area (Å²) >= 11 is 4.68. The van der Waals surface area contributed by atoms with Gasteiger partial charge in [0, 0.05) is 22.6 Å². The standard InChI is InChI=1S/C26H20BrFN2O4S/c1-30-24(31)23(35-26(30)29-20-10-7-16(8-11-20)25(32)33-2)14-18-13-19(27)9-12-22(18)34-15-17-5-3-4-6-21(17)28/h3-14H,15H2,1-2H3. The highest BCUT2D eigenvalue weighted by molar-refractivity contribution is 9.10. The number of carbonyl (C=O) groups excluding carboxylic acids is 2. The quantitative estimate of drug-likeness (QED) is 0.268. The summed E-state index contributed by atoms with van der Waals surface area (Å²) in [6.45, 7) is 0.0553. The van der Waals surface area contributed by atoms with Crippen LogP contribution in [0.2, 0.25) is 0 Å². The zero-order chi connectivity index (χ0) is 24.9. The molecule has 0 spiro atoms. The molecule has 0 unspecified atom stereocenters. The third-order valence-electron chi connectivity index (χ3n) is 5.12. The van der Waals surface area contributed by atoms with E-state index in [2.05, 4.69) is 20.9 Å². The number of amides is 1. The van der Waals surface area contributed by atoms with Crippen molar-refractivity contribution in [3.8, 4) is 5.75 Å². The monoisotopic (exact) mass is 554 g/mol. The Balaban J connectivity index is 1.57. The molecule has 0 saturated carbocycles. The first-order valence-electron chi connectivity index (χ1n) is 10.5.